The lowest BCUT2D eigenvalue weighted by atomic mass is 9.94. The van der Waals surface area contributed by atoms with E-state index in [0.29, 0.717) is 0 Å². The predicted octanol–water partition coefficient (Wildman–Crippen LogP) is -7.75. The van der Waals surface area contributed by atoms with E-state index in [1.165, 1.54) is 13.8 Å². The van der Waals surface area contributed by atoms with Gasteiger partial charge in [0.15, 0.2) is 18.9 Å². The highest BCUT2D eigenvalue weighted by atomic mass is 16.7. The second-order valence-electron chi connectivity index (χ2n) is 12.5. The zero-order chi connectivity index (χ0) is 36.3. The van der Waals surface area contributed by atoms with Gasteiger partial charge >= 0.3 is 0 Å². The van der Waals surface area contributed by atoms with Gasteiger partial charge in [0.2, 0.25) is 11.8 Å². The summed E-state index contributed by atoms with van der Waals surface area (Å²) >= 11 is 0. The van der Waals surface area contributed by atoms with E-state index < -0.39 is 148 Å². The third-order valence-electron chi connectivity index (χ3n) is 8.88. The summed E-state index contributed by atoms with van der Waals surface area (Å²) in [7, 11) is 0. The maximum Gasteiger partial charge on any atom is 0.217 e. The Kier molecular flexibility index (Phi) is 14.0. The second-order valence-corrected chi connectivity index (χ2v) is 12.5. The molecule has 0 radical (unpaired) electrons. The third-order valence-corrected chi connectivity index (χ3v) is 8.88. The van der Waals surface area contributed by atoms with Crippen molar-refractivity contribution in [1.82, 2.24) is 10.6 Å². The number of rotatable bonds is 11. The van der Waals surface area contributed by atoms with E-state index in [1.54, 1.807) is 0 Å². The van der Waals surface area contributed by atoms with Crippen LogP contribution >= 0.6 is 0 Å². The second kappa shape index (κ2) is 17.2. The number of aliphatic hydroxyl groups is 10. The van der Waals surface area contributed by atoms with E-state index in [1.807, 2.05) is 0 Å². The zero-order valence-corrected chi connectivity index (χ0v) is 26.9. The van der Waals surface area contributed by atoms with Crippen LogP contribution in [0.15, 0.2) is 0 Å². The summed E-state index contributed by atoms with van der Waals surface area (Å²) in [5, 5.41) is 109. The first-order valence-corrected chi connectivity index (χ1v) is 15.8. The minimum Gasteiger partial charge on any atom is -0.394 e. The number of ether oxygens (including phenoxy) is 7. The van der Waals surface area contributed by atoms with Gasteiger partial charge in [-0.3, -0.25) is 9.59 Å². The van der Waals surface area contributed by atoms with Crippen molar-refractivity contribution in [3.8, 4) is 0 Å². The Morgan fingerprint density at radius 3 is 1.80 bits per heavy atom. The first-order chi connectivity index (χ1) is 23.1. The topological polar surface area (TPSA) is 325 Å². The van der Waals surface area contributed by atoms with Crippen LogP contribution in [0.5, 0.6) is 0 Å². The molecular weight excluding hydrogens is 668 g/mol. The molecule has 21 nitrogen and oxygen atoms in total. The highest BCUT2D eigenvalue weighted by Crippen LogP contribution is 2.32. The van der Waals surface area contributed by atoms with Gasteiger partial charge in [-0.1, -0.05) is 0 Å². The molecule has 0 saturated carbocycles. The zero-order valence-electron chi connectivity index (χ0n) is 26.9. The number of amides is 2. The van der Waals surface area contributed by atoms with E-state index in [4.69, 9.17) is 33.2 Å². The molecule has 12 N–H and O–H groups in total. The molecule has 4 fully saturated rings. The molecule has 0 aromatic carbocycles. The van der Waals surface area contributed by atoms with Gasteiger partial charge in [0.1, 0.15) is 85.4 Å². The van der Waals surface area contributed by atoms with E-state index in [2.05, 4.69) is 10.6 Å². The molecule has 284 valence electrons. The summed E-state index contributed by atoms with van der Waals surface area (Å²) in [5.41, 5.74) is 0. The van der Waals surface area contributed by atoms with Crippen molar-refractivity contribution in [3.63, 3.8) is 0 Å². The standard InChI is InChI=1S/C28H48N2O19/c1-8-16(35)20(39)22(41)27(45-8)44-7-14-25(17(36)11(6-43-14)29-9(2)33)48-26-15(30-10(3)34)19(38)24(13(5-32)47-26)49-28-23(42)21(40)18(37)12(4-31)46-28/h8,11-28,31-32,35-42H,4-7H2,1-3H3,(H,29,33)(H,30,34)/t8-,11-,12+,13+,14+,15+,16+,17+,18+,19+,20+,21-,22-,23-,24+,25+,26-,27+,28-/m0/s1. The van der Waals surface area contributed by atoms with Gasteiger partial charge in [-0.25, -0.2) is 0 Å². The number of hydrogen-bond acceptors (Lipinski definition) is 19. The molecule has 4 aliphatic heterocycles. The summed E-state index contributed by atoms with van der Waals surface area (Å²) in [6.07, 6.45) is -26.3. The van der Waals surface area contributed by atoms with Gasteiger partial charge in [0.05, 0.1) is 38.6 Å². The van der Waals surface area contributed by atoms with Gasteiger partial charge in [-0.15, -0.1) is 0 Å². The van der Waals surface area contributed by atoms with Crippen LogP contribution in [-0.4, -0.2) is 206 Å². The Labute approximate surface area is 280 Å². The monoisotopic (exact) mass is 716 g/mol. The van der Waals surface area contributed by atoms with Gasteiger partial charge in [-0.05, 0) is 6.92 Å². The fourth-order valence-electron chi connectivity index (χ4n) is 6.14. The van der Waals surface area contributed by atoms with Crippen molar-refractivity contribution in [2.45, 2.75) is 137 Å². The van der Waals surface area contributed by atoms with E-state index >= 15 is 0 Å². The van der Waals surface area contributed by atoms with Gasteiger partial charge in [0.25, 0.3) is 0 Å². The average Bonchev–Trinajstić information content (AvgIpc) is 3.05. The van der Waals surface area contributed by atoms with Crippen LogP contribution in [0.3, 0.4) is 0 Å². The SMILES string of the molecule is CC(=O)N[C@H]1[C@H](O[C@H]2[C@H](O)[C@@H](NC(C)=O)CO[C@@H]2CO[C@@H]2O[C@@H](C)[C@@H](O)[C@@H](O)[C@@H]2O)O[C@H](CO)[C@@H](O[C@@H]2O[C@H](CO)[C@@H](O)[C@H](O)[C@@H]2O)[C@@H]1O. The summed E-state index contributed by atoms with van der Waals surface area (Å²) in [6.45, 7) is 1.44. The molecule has 4 rings (SSSR count). The van der Waals surface area contributed by atoms with Gasteiger partial charge < -0.3 is 94.9 Å². The molecule has 49 heavy (non-hydrogen) atoms. The molecule has 4 saturated heterocycles. The van der Waals surface area contributed by atoms with E-state index in [-0.39, 0.29) is 6.61 Å². The van der Waals surface area contributed by atoms with Crippen molar-refractivity contribution in [1.29, 1.82) is 0 Å². The number of carbonyl (C=O) groups excluding carboxylic acids is 2. The summed E-state index contributed by atoms with van der Waals surface area (Å²) < 4.78 is 39.9. The maximum absolute atomic E-state index is 12.2. The Bertz CT molecular complexity index is 1090. The molecule has 0 aliphatic carbocycles. The minimum absolute atomic E-state index is 0.238. The summed E-state index contributed by atoms with van der Waals surface area (Å²) in [5.74, 6) is -1.21. The van der Waals surface area contributed by atoms with Crippen molar-refractivity contribution in [3.05, 3.63) is 0 Å². The minimum atomic E-state index is -1.88. The molecule has 21 heteroatoms. The fraction of sp³-hybridized carbons (Fsp3) is 0.929. The summed E-state index contributed by atoms with van der Waals surface area (Å²) in [6, 6.07) is -2.54. The molecule has 0 aromatic rings. The number of hydrogen-bond donors (Lipinski definition) is 12. The summed E-state index contributed by atoms with van der Waals surface area (Å²) in [4.78, 5) is 24.1. The number of carbonyl (C=O) groups is 2. The van der Waals surface area contributed by atoms with E-state index in [9.17, 15) is 60.7 Å². The van der Waals surface area contributed by atoms with Crippen LogP contribution in [0.25, 0.3) is 0 Å². The van der Waals surface area contributed by atoms with E-state index in [0.717, 1.165) is 6.92 Å². The van der Waals surface area contributed by atoms with Gasteiger partial charge in [0, 0.05) is 13.8 Å². The molecule has 0 unspecified atom stereocenters. The van der Waals surface area contributed by atoms with Crippen LogP contribution < -0.4 is 10.6 Å². The molecule has 0 spiro atoms. The molecule has 4 aliphatic rings. The maximum atomic E-state index is 12.2. The van der Waals surface area contributed by atoms with Crippen molar-refractivity contribution in [2.75, 3.05) is 26.4 Å². The van der Waals surface area contributed by atoms with Crippen LogP contribution in [0.2, 0.25) is 0 Å². The lowest BCUT2D eigenvalue weighted by Crippen LogP contribution is -2.69. The van der Waals surface area contributed by atoms with Crippen LogP contribution in [0.4, 0.5) is 0 Å². The molecule has 0 bridgehead atoms. The average molecular weight is 717 g/mol. The van der Waals surface area contributed by atoms with Crippen molar-refractivity contribution >= 4 is 11.8 Å². The quantitative estimate of drug-likeness (QED) is 0.0944. The normalized spacial score (nSPS) is 47.7. The van der Waals surface area contributed by atoms with Gasteiger partial charge in [-0.2, -0.15) is 0 Å². The molecule has 19 atom stereocenters. The Hall–Kier alpha value is -1.74. The third kappa shape index (κ3) is 9.02. The molecular formula is C28H48N2O19. The Morgan fingerprint density at radius 2 is 1.18 bits per heavy atom. The fourth-order valence-corrected chi connectivity index (χ4v) is 6.14. The lowest BCUT2D eigenvalue weighted by Gasteiger charge is -2.49. The lowest BCUT2D eigenvalue weighted by molar-refractivity contribution is -0.358. The highest BCUT2D eigenvalue weighted by Gasteiger charge is 2.53. The first kappa shape index (κ1) is 40.0. The smallest absolute Gasteiger partial charge is 0.217 e. The number of aliphatic hydroxyl groups excluding tert-OH is 10. The molecule has 2 amide bonds. The van der Waals surface area contributed by atoms with Crippen LogP contribution in [0, 0.1) is 0 Å². The predicted molar refractivity (Wildman–Crippen MR) is 155 cm³/mol. The van der Waals surface area contributed by atoms with Crippen LogP contribution in [-0.2, 0) is 42.7 Å². The highest BCUT2D eigenvalue weighted by molar-refractivity contribution is 5.73. The number of nitrogens with one attached hydrogen (secondary N) is 2. The van der Waals surface area contributed by atoms with Crippen LogP contribution in [0.1, 0.15) is 20.8 Å². The first-order valence-electron chi connectivity index (χ1n) is 15.8. The Balaban J connectivity index is 1.56. The molecule has 4 heterocycles. The Morgan fingerprint density at radius 1 is 0.633 bits per heavy atom. The largest absolute Gasteiger partial charge is 0.394 e. The van der Waals surface area contributed by atoms with Crippen molar-refractivity contribution in [2.24, 2.45) is 0 Å². The van der Waals surface area contributed by atoms with Crippen molar-refractivity contribution < 1.29 is 93.8 Å². The molecule has 0 aromatic heterocycles.